The molecular weight excluding hydrogens is 454 g/mol. The van der Waals surface area contributed by atoms with Gasteiger partial charge in [0.2, 0.25) is 0 Å². The molecule has 8 nitrogen and oxygen atoms in total. The molecule has 0 saturated carbocycles. The molecule has 0 radical (unpaired) electrons. The van der Waals surface area contributed by atoms with Crippen LogP contribution in [0.4, 0.5) is 5.69 Å². The molecule has 1 aromatic heterocycles. The van der Waals surface area contributed by atoms with Crippen LogP contribution in [-0.2, 0) is 9.53 Å². The Labute approximate surface area is 199 Å². The zero-order chi connectivity index (χ0) is 24.6. The van der Waals surface area contributed by atoms with E-state index < -0.39 is 16.9 Å². The Hall–Kier alpha value is -3.85. The molecule has 2 aromatic carbocycles. The van der Waals surface area contributed by atoms with E-state index >= 15 is 0 Å². The molecule has 3 aromatic rings. The number of rotatable bonds is 5. The lowest BCUT2D eigenvalue weighted by atomic mass is 9.95. The van der Waals surface area contributed by atoms with Gasteiger partial charge >= 0.3 is 5.97 Å². The van der Waals surface area contributed by atoms with E-state index in [1.54, 1.807) is 39.0 Å². The largest absolute Gasteiger partial charge is 0.459 e. The fourth-order valence-corrected chi connectivity index (χ4v) is 4.85. The van der Waals surface area contributed by atoms with Gasteiger partial charge in [-0.2, -0.15) is 0 Å². The Bertz CT molecular complexity index is 1500. The average molecular weight is 478 g/mol. The molecule has 34 heavy (non-hydrogen) atoms. The molecule has 174 valence electrons. The standard InChI is InChI=1S/C25H23N3O5S/c1-14(2)33-24(30)21-16(4)26-25-27(22(21)18-10-8-15(3)9-11-18)23(29)20(34-25)13-17-6-5-7-19(12-17)28(31)32/h5-14,22H,1-4H3/b20-13-. The van der Waals surface area contributed by atoms with Gasteiger partial charge in [-0.3, -0.25) is 19.5 Å². The maximum atomic E-state index is 13.6. The number of carbonyl (C=O) groups is 1. The van der Waals surface area contributed by atoms with Gasteiger partial charge < -0.3 is 4.74 Å². The number of aryl methyl sites for hydroxylation is 1. The minimum atomic E-state index is -0.699. The van der Waals surface area contributed by atoms with Crippen LogP contribution in [0.2, 0.25) is 0 Å². The number of fused-ring (bicyclic) bond motifs is 1. The molecule has 0 amide bonds. The lowest BCUT2D eigenvalue weighted by molar-refractivity contribution is -0.384. The number of hydrogen-bond acceptors (Lipinski definition) is 7. The highest BCUT2D eigenvalue weighted by molar-refractivity contribution is 7.07. The zero-order valence-corrected chi connectivity index (χ0v) is 20.0. The molecule has 1 aliphatic rings. The Morgan fingerprint density at radius 3 is 2.56 bits per heavy atom. The van der Waals surface area contributed by atoms with Crippen LogP contribution in [0.1, 0.15) is 43.5 Å². The molecule has 1 atom stereocenters. The summed E-state index contributed by atoms with van der Waals surface area (Å²) in [4.78, 5) is 42.3. The summed E-state index contributed by atoms with van der Waals surface area (Å²) in [5.74, 6) is -0.519. The van der Waals surface area contributed by atoms with Gasteiger partial charge in [-0.15, -0.1) is 0 Å². The van der Waals surface area contributed by atoms with Crippen molar-refractivity contribution in [3.63, 3.8) is 0 Å². The highest BCUT2D eigenvalue weighted by Crippen LogP contribution is 2.31. The molecule has 0 saturated heterocycles. The average Bonchev–Trinajstić information content (AvgIpc) is 3.07. The monoisotopic (exact) mass is 477 g/mol. The van der Waals surface area contributed by atoms with Crippen molar-refractivity contribution in [1.29, 1.82) is 0 Å². The first-order chi connectivity index (χ1) is 16.2. The van der Waals surface area contributed by atoms with Crippen LogP contribution in [0.3, 0.4) is 0 Å². The van der Waals surface area contributed by atoms with Crippen LogP contribution in [-0.4, -0.2) is 21.6 Å². The maximum Gasteiger partial charge on any atom is 0.338 e. The third-order valence-corrected chi connectivity index (χ3v) is 6.34. The number of hydrogen-bond donors (Lipinski definition) is 0. The summed E-state index contributed by atoms with van der Waals surface area (Å²) in [5.41, 5.74) is 2.75. The van der Waals surface area contributed by atoms with Crippen molar-refractivity contribution in [2.24, 2.45) is 4.99 Å². The lowest BCUT2D eigenvalue weighted by Crippen LogP contribution is -2.40. The Balaban J connectivity index is 1.93. The number of thiazole rings is 1. The van der Waals surface area contributed by atoms with Crippen molar-refractivity contribution in [3.05, 3.63) is 106 Å². The second-order valence-corrected chi connectivity index (χ2v) is 9.31. The van der Waals surface area contributed by atoms with Gasteiger partial charge in [0.05, 0.1) is 32.9 Å². The second-order valence-electron chi connectivity index (χ2n) is 8.30. The first kappa shape index (κ1) is 23.3. The van der Waals surface area contributed by atoms with Crippen molar-refractivity contribution >= 4 is 29.1 Å². The van der Waals surface area contributed by atoms with Gasteiger partial charge in [-0.05, 0) is 44.9 Å². The number of ether oxygens (including phenoxy) is 1. The molecular formula is C25H23N3O5S. The van der Waals surface area contributed by atoms with E-state index in [2.05, 4.69) is 4.99 Å². The molecule has 0 aliphatic carbocycles. The predicted octanol–water partition coefficient (Wildman–Crippen LogP) is 3.40. The minimum Gasteiger partial charge on any atom is -0.459 e. The molecule has 1 unspecified atom stereocenters. The molecule has 0 bridgehead atoms. The number of esters is 1. The number of carbonyl (C=O) groups excluding carboxylic acids is 1. The van der Waals surface area contributed by atoms with Crippen LogP contribution in [0, 0.1) is 17.0 Å². The lowest BCUT2D eigenvalue weighted by Gasteiger charge is -2.25. The van der Waals surface area contributed by atoms with Gasteiger partial charge in [0.1, 0.15) is 0 Å². The summed E-state index contributed by atoms with van der Waals surface area (Å²) in [6.45, 7) is 7.23. The first-order valence-electron chi connectivity index (χ1n) is 10.7. The number of non-ortho nitro benzene ring substituents is 1. The summed E-state index contributed by atoms with van der Waals surface area (Å²) in [7, 11) is 0. The Morgan fingerprint density at radius 1 is 1.21 bits per heavy atom. The van der Waals surface area contributed by atoms with Crippen molar-refractivity contribution in [2.75, 3.05) is 0 Å². The topological polar surface area (TPSA) is 104 Å². The minimum absolute atomic E-state index is 0.0615. The van der Waals surface area contributed by atoms with E-state index in [4.69, 9.17) is 4.74 Å². The van der Waals surface area contributed by atoms with Gasteiger partial charge in [-0.1, -0.05) is 53.3 Å². The Morgan fingerprint density at radius 2 is 1.91 bits per heavy atom. The summed E-state index contributed by atoms with van der Waals surface area (Å²) in [6.07, 6.45) is 1.28. The quantitative estimate of drug-likeness (QED) is 0.318. The van der Waals surface area contributed by atoms with Crippen LogP contribution in [0.15, 0.2) is 69.6 Å². The van der Waals surface area contributed by atoms with Crippen molar-refractivity contribution in [3.8, 4) is 0 Å². The molecule has 1 aliphatic heterocycles. The summed E-state index contributed by atoms with van der Waals surface area (Å²) in [6, 6.07) is 13.0. The fourth-order valence-electron chi connectivity index (χ4n) is 3.80. The molecule has 0 fully saturated rings. The van der Waals surface area contributed by atoms with Gasteiger partial charge in [-0.25, -0.2) is 9.79 Å². The third-order valence-electron chi connectivity index (χ3n) is 5.36. The van der Waals surface area contributed by atoms with E-state index in [-0.39, 0.29) is 17.4 Å². The van der Waals surface area contributed by atoms with Crippen molar-refractivity contribution in [1.82, 2.24) is 4.57 Å². The number of nitro benzene ring substituents is 1. The second kappa shape index (κ2) is 9.18. The van der Waals surface area contributed by atoms with Crippen LogP contribution >= 0.6 is 11.3 Å². The fraction of sp³-hybridized carbons (Fsp3) is 0.240. The van der Waals surface area contributed by atoms with Gasteiger partial charge in [0.25, 0.3) is 11.2 Å². The molecule has 4 rings (SSSR count). The Kier molecular flexibility index (Phi) is 6.30. The predicted molar refractivity (Wildman–Crippen MR) is 129 cm³/mol. The maximum absolute atomic E-state index is 13.6. The number of aromatic nitrogens is 1. The number of allylic oxidation sites excluding steroid dienone is 1. The molecule has 0 N–H and O–H groups in total. The number of benzene rings is 2. The van der Waals surface area contributed by atoms with Gasteiger partial charge in [0, 0.05) is 12.1 Å². The molecule has 2 heterocycles. The third kappa shape index (κ3) is 4.47. The highest BCUT2D eigenvalue weighted by atomic mass is 32.1. The van der Waals surface area contributed by atoms with E-state index in [1.165, 1.54) is 28.0 Å². The SMILES string of the molecule is CC1=C(C(=O)OC(C)C)C(c2ccc(C)cc2)n2c(s/c(=C\c3cccc([N+](=O)[O-])c3)c2=O)=N1. The van der Waals surface area contributed by atoms with E-state index in [0.717, 1.165) is 11.1 Å². The normalized spacial score (nSPS) is 15.8. The summed E-state index contributed by atoms with van der Waals surface area (Å²) < 4.78 is 7.35. The molecule has 9 heteroatoms. The zero-order valence-electron chi connectivity index (χ0n) is 19.1. The highest BCUT2D eigenvalue weighted by Gasteiger charge is 2.33. The smallest absolute Gasteiger partial charge is 0.338 e. The summed E-state index contributed by atoms with van der Waals surface area (Å²) in [5, 5.41) is 11.1. The van der Waals surface area contributed by atoms with Crippen LogP contribution in [0.25, 0.3) is 6.08 Å². The van der Waals surface area contributed by atoms with Crippen molar-refractivity contribution < 1.29 is 14.5 Å². The number of nitro groups is 1. The first-order valence-corrected chi connectivity index (χ1v) is 11.5. The van der Waals surface area contributed by atoms with Crippen LogP contribution < -0.4 is 14.9 Å². The van der Waals surface area contributed by atoms with E-state index in [9.17, 15) is 19.7 Å². The molecule has 0 spiro atoms. The van der Waals surface area contributed by atoms with Gasteiger partial charge in [0.15, 0.2) is 4.80 Å². The van der Waals surface area contributed by atoms with Crippen molar-refractivity contribution in [2.45, 2.75) is 39.8 Å². The van der Waals surface area contributed by atoms with E-state index in [1.807, 2.05) is 31.2 Å². The van der Waals surface area contributed by atoms with Crippen LogP contribution in [0.5, 0.6) is 0 Å². The number of nitrogens with zero attached hydrogens (tertiary/aromatic N) is 3. The summed E-state index contributed by atoms with van der Waals surface area (Å²) >= 11 is 1.18. The van der Waals surface area contributed by atoms with E-state index in [0.29, 0.717) is 26.2 Å².